The van der Waals surface area contributed by atoms with E-state index in [1.807, 2.05) is 0 Å². The van der Waals surface area contributed by atoms with Crippen molar-refractivity contribution in [3.05, 3.63) is 56.8 Å². The number of rotatable bonds is 5. The summed E-state index contributed by atoms with van der Waals surface area (Å²) in [6, 6.07) is 6.57. The van der Waals surface area contributed by atoms with Crippen LogP contribution in [0.1, 0.15) is 21.9 Å². The maximum Gasteiger partial charge on any atom is 0.284 e. The molecule has 0 aliphatic rings. The molecule has 3 N–H and O–H groups in total. The van der Waals surface area contributed by atoms with Gasteiger partial charge in [0.2, 0.25) is 5.91 Å². The van der Waals surface area contributed by atoms with Crippen molar-refractivity contribution in [3.8, 4) is 11.3 Å². The number of anilines is 1. The Morgan fingerprint density at radius 3 is 2.69 bits per heavy atom. The lowest BCUT2D eigenvalue weighted by Crippen LogP contribution is -2.14. The van der Waals surface area contributed by atoms with Crippen molar-refractivity contribution in [1.29, 1.82) is 0 Å². The van der Waals surface area contributed by atoms with Crippen LogP contribution in [0.3, 0.4) is 0 Å². The van der Waals surface area contributed by atoms with E-state index in [-0.39, 0.29) is 18.1 Å². The van der Waals surface area contributed by atoms with Gasteiger partial charge in [0, 0.05) is 10.9 Å². The van der Waals surface area contributed by atoms with Crippen LogP contribution in [-0.2, 0) is 11.2 Å². The van der Waals surface area contributed by atoms with Crippen molar-refractivity contribution in [3.63, 3.8) is 0 Å². The quantitative estimate of drug-likeness (QED) is 0.655. The Labute approximate surface area is 162 Å². The minimum absolute atomic E-state index is 0.0655. The first-order chi connectivity index (χ1) is 12.3. The molecule has 2 amide bonds. The Kier molecular flexibility index (Phi) is 5.31. The van der Waals surface area contributed by atoms with Gasteiger partial charge in [-0.2, -0.15) is 0 Å². The lowest BCUT2D eigenvalue weighted by molar-refractivity contribution is -0.115. The summed E-state index contributed by atoms with van der Waals surface area (Å²) in [6.45, 7) is 1.71. The molecule has 0 unspecified atom stereocenters. The first-order valence-corrected chi connectivity index (χ1v) is 9.07. The molecule has 0 bridgehead atoms. The number of nitrogens with two attached hydrogens (primary N) is 1. The van der Waals surface area contributed by atoms with E-state index < -0.39 is 5.91 Å². The number of aromatic nitrogens is 1. The lowest BCUT2D eigenvalue weighted by Gasteiger charge is -2.03. The number of thiazole rings is 1. The number of nitrogens with zero attached hydrogens (tertiary/aromatic N) is 1. The van der Waals surface area contributed by atoms with Crippen LogP contribution in [0.4, 0.5) is 5.13 Å². The molecule has 2 heterocycles. The Bertz CT molecular complexity index is 997. The van der Waals surface area contributed by atoms with Gasteiger partial charge < -0.3 is 15.5 Å². The third-order valence-electron chi connectivity index (χ3n) is 3.54. The zero-order chi connectivity index (χ0) is 18.8. The second-order valence-electron chi connectivity index (χ2n) is 5.46. The Balaban J connectivity index is 1.71. The van der Waals surface area contributed by atoms with Gasteiger partial charge in [0.25, 0.3) is 5.91 Å². The van der Waals surface area contributed by atoms with E-state index in [0.29, 0.717) is 32.2 Å². The van der Waals surface area contributed by atoms with Gasteiger partial charge in [-0.05, 0) is 30.7 Å². The van der Waals surface area contributed by atoms with Crippen LogP contribution in [0, 0.1) is 6.92 Å². The summed E-state index contributed by atoms with van der Waals surface area (Å²) in [4.78, 5) is 27.7. The first kappa shape index (κ1) is 18.4. The van der Waals surface area contributed by atoms with Gasteiger partial charge in [-0.1, -0.05) is 29.3 Å². The Hall–Kier alpha value is -2.35. The summed E-state index contributed by atoms with van der Waals surface area (Å²) in [7, 11) is 0. The maximum absolute atomic E-state index is 12.2. The topological polar surface area (TPSA) is 98.2 Å². The van der Waals surface area contributed by atoms with Crippen molar-refractivity contribution in [2.75, 3.05) is 5.32 Å². The fraction of sp³-hybridized carbons (Fsp3) is 0.118. The molecule has 0 aliphatic carbocycles. The van der Waals surface area contributed by atoms with E-state index in [9.17, 15) is 9.59 Å². The molecule has 9 heteroatoms. The zero-order valence-electron chi connectivity index (χ0n) is 13.5. The van der Waals surface area contributed by atoms with Gasteiger partial charge in [0.05, 0.1) is 22.2 Å². The zero-order valence-corrected chi connectivity index (χ0v) is 15.8. The molecule has 2 aromatic heterocycles. The highest BCUT2D eigenvalue weighted by molar-refractivity contribution is 7.14. The molecule has 0 saturated carbocycles. The minimum Gasteiger partial charge on any atom is -0.456 e. The molecule has 3 rings (SSSR count). The average Bonchev–Trinajstić information content (AvgIpc) is 3.17. The fourth-order valence-electron chi connectivity index (χ4n) is 2.31. The number of halogens is 2. The normalized spacial score (nSPS) is 10.7. The van der Waals surface area contributed by atoms with Gasteiger partial charge in [-0.15, -0.1) is 11.3 Å². The Morgan fingerprint density at radius 2 is 2.04 bits per heavy atom. The first-order valence-electron chi connectivity index (χ1n) is 7.43. The van der Waals surface area contributed by atoms with Gasteiger partial charge >= 0.3 is 0 Å². The van der Waals surface area contributed by atoms with Gasteiger partial charge in [-0.3, -0.25) is 9.59 Å². The van der Waals surface area contributed by atoms with Crippen molar-refractivity contribution in [2.24, 2.45) is 5.73 Å². The number of primary amides is 1. The highest BCUT2D eigenvalue weighted by Crippen LogP contribution is 2.30. The molecule has 3 aromatic rings. The van der Waals surface area contributed by atoms with Crippen LogP contribution in [0.25, 0.3) is 11.3 Å². The van der Waals surface area contributed by atoms with E-state index >= 15 is 0 Å². The van der Waals surface area contributed by atoms with E-state index in [1.165, 1.54) is 17.4 Å². The molecular weight excluding hydrogens is 397 g/mol. The molecule has 134 valence electrons. The molecule has 0 aliphatic heterocycles. The molecule has 0 saturated heterocycles. The number of nitrogens with one attached hydrogen (secondary N) is 1. The van der Waals surface area contributed by atoms with Crippen LogP contribution in [0.5, 0.6) is 0 Å². The molecule has 0 spiro atoms. The van der Waals surface area contributed by atoms with Crippen LogP contribution in [-0.4, -0.2) is 16.8 Å². The van der Waals surface area contributed by atoms with Crippen LogP contribution >= 0.6 is 34.5 Å². The predicted molar refractivity (Wildman–Crippen MR) is 102 cm³/mol. The number of carbonyl (C=O) groups is 2. The third kappa shape index (κ3) is 4.07. The van der Waals surface area contributed by atoms with Crippen molar-refractivity contribution in [1.82, 2.24) is 4.98 Å². The van der Waals surface area contributed by atoms with Gasteiger partial charge in [0.1, 0.15) is 5.76 Å². The highest BCUT2D eigenvalue weighted by Gasteiger charge is 2.16. The van der Waals surface area contributed by atoms with Crippen LogP contribution in [0.15, 0.2) is 34.1 Å². The molecule has 0 radical (unpaired) electrons. The van der Waals surface area contributed by atoms with Crippen molar-refractivity contribution >= 4 is 51.5 Å². The highest BCUT2D eigenvalue weighted by atomic mass is 35.5. The second-order valence-corrected chi connectivity index (χ2v) is 7.13. The number of hydrogen-bond donors (Lipinski definition) is 2. The molecule has 0 atom stereocenters. The summed E-state index contributed by atoms with van der Waals surface area (Å²) >= 11 is 13.1. The van der Waals surface area contributed by atoms with Crippen LogP contribution in [0.2, 0.25) is 10.0 Å². The maximum atomic E-state index is 12.2. The number of furan rings is 1. The van der Waals surface area contributed by atoms with E-state index in [1.54, 1.807) is 30.5 Å². The summed E-state index contributed by atoms with van der Waals surface area (Å²) in [5.74, 6) is -0.288. The third-order valence-corrected chi connectivity index (χ3v) is 5.03. The van der Waals surface area contributed by atoms with Crippen LogP contribution < -0.4 is 11.1 Å². The number of aryl methyl sites for hydroxylation is 1. The van der Waals surface area contributed by atoms with Gasteiger partial charge in [-0.25, -0.2) is 4.98 Å². The summed E-state index contributed by atoms with van der Waals surface area (Å²) in [5, 5.41) is 5.77. The van der Waals surface area contributed by atoms with Crippen molar-refractivity contribution in [2.45, 2.75) is 13.3 Å². The summed E-state index contributed by atoms with van der Waals surface area (Å²) in [6.07, 6.45) is 0.141. The number of hydrogen-bond acceptors (Lipinski definition) is 5. The number of amides is 2. The number of carbonyl (C=O) groups excluding carboxylic acids is 2. The fourth-order valence-corrected chi connectivity index (χ4v) is 3.36. The standard InChI is InChI=1S/C17H13Cl2N3O3S/c1-8-10(6-14(25-8)16(20)24)13-7-26-17(21-13)22-15(23)5-9-2-3-11(18)12(19)4-9/h2-4,6-7H,5H2,1H3,(H2,20,24)(H,21,22,23). The lowest BCUT2D eigenvalue weighted by atomic mass is 10.1. The van der Waals surface area contributed by atoms with Gasteiger partial charge in [0.15, 0.2) is 10.9 Å². The molecule has 6 nitrogen and oxygen atoms in total. The van der Waals surface area contributed by atoms with E-state index in [4.69, 9.17) is 33.4 Å². The Morgan fingerprint density at radius 1 is 1.27 bits per heavy atom. The molecule has 26 heavy (non-hydrogen) atoms. The van der Waals surface area contributed by atoms with E-state index in [0.717, 1.165) is 5.56 Å². The summed E-state index contributed by atoms with van der Waals surface area (Å²) < 4.78 is 5.30. The minimum atomic E-state index is -0.648. The monoisotopic (exact) mass is 409 g/mol. The largest absolute Gasteiger partial charge is 0.456 e. The predicted octanol–water partition coefficient (Wildman–Crippen LogP) is 4.30. The summed E-state index contributed by atoms with van der Waals surface area (Å²) in [5.41, 5.74) is 7.20. The number of benzene rings is 1. The average molecular weight is 410 g/mol. The molecular formula is C17H13Cl2N3O3S. The molecule has 1 aromatic carbocycles. The molecule has 0 fully saturated rings. The van der Waals surface area contributed by atoms with Crippen molar-refractivity contribution < 1.29 is 14.0 Å². The smallest absolute Gasteiger partial charge is 0.284 e. The second kappa shape index (κ2) is 7.49. The van der Waals surface area contributed by atoms with E-state index in [2.05, 4.69) is 10.3 Å². The SMILES string of the molecule is Cc1oc(C(N)=O)cc1-c1csc(NC(=O)Cc2ccc(Cl)c(Cl)c2)n1.